The standard InChI is InChI=1S/C22H17F6N3O4S/c1-2-35-19(34)11-3-5-14(6-4-11)30-20-31-18(33)16(36-20)10-17(32)29-15-8-12(21(23,24)25)7-13(9-15)22(26,27)28/h3-9,16H,2,10H2,1H3,(H,29,32)(H,30,31,33). The van der Waals surface area contributed by atoms with Gasteiger partial charge in [-0.2, -0.15) is 26.3 Å². The van der Waals surface area contributed by atoms with Gasteiger partial charge in [0.2, 0.25) is 11.8 Å². The largest absolute Gasteiger partial charge is 0.462 e. The van der Waals surface area contributed by atoms with E-state index in [-0.39, 0.29) is 17.8 Å². The molecule has 14 heteroatoms. The Morgan fingerprint density at radius 3 is 2.14 bits per heavy atom. The maximum Gasteiger partial charge on any atom is 0.416 e. The lowest BCUT2D eigenvalue weighted by molar-refractivity contribution is -0.143. The Bertz CT molecular complexity index is 1160. The summed E-state index contributed by atoms with van der Waals surface area (Å²) in [5, 5.41) is 3.54. The van der Waals surface area contributed by atoms with Crippen LogP contribution in [0.4, 0.5) is 37.7 Å². The zero-order chi connectivity index (χ0) is 26.7. The molecule has 0 aromatic heterocycles. The van der Waals surface area contributed by atoms with Crippen LogP contribution in [0, 0.1) is 0 Å². The third kappa shape index (κ3) is 6.99. The molecule has 2 aromatic rings. The SMILES string of the molecule is CCOC(=O)c1ccc(N=C2NC(=O)C(CC(=O)Nc3cc(C(F)(F)F)cc(C(F)(F)F)c3)S2)cc1. The first kappa shape index (κ1) is 27.0. The molecule has 1 aliphatic rings. The molecule has 1 heterocycles. The third-order valence-corrected chi connectivity index (χ3v) is 5.71. The van der Waals surface area contributed by atoms with Crippen molar-refractivity contribution in [1.29, 1.82) is 0 Å². The van der Waals surface area contributed by atoms with E-state index >= 15 is 0 Å². The summed E-state index contributed by atoms with van der Waals surface area (Å²) in [6, 6.07) is 6.62. The van der Waals surface area contributed by atoms with E-state index in [4.69, 9.17) is 4.74 Å². The molecule has 0 spiro atoms. The number of hydrogen-bond donors (Lipinski definition) is 2. The number of hydrogen-bond acceptors (Lipinski definition) is 6. The summed E-state index contributed by atoms with van der Waals surface area (Å²) in [6.45, 7) is 1.87. The van der Waals surface area contributed by atoms with Crippen molar-refractivity contribution < 1.29 is 45.5 Å². The van der Waals surface area contributed by atoms with Crippen LogP contribution in [0.2, 0.25) is 0 Å². The van der Waals surface area contributed by atoms with Crippen molar-refractivity contribution in [2.24, 2.45) is 4.99 Å². The van der Waals surface area contributed by atoms with Gasteiger partial charge in [0.1, 0.15) is 5.25 Å². The van der Waals surface area contributed by atoms with Gasteiger partial charge in [-0.15, -0.1) is 0 Å². The van der Waals surface area contributed by atoms with Gasteiger partial charge in [-0.1, -0.05) is 11.8 Å². The van der Waals surface area contributed by atoms with Gasteiger partial charge in [0.05, 0.1) is 29.0 Å². The highest BCUT2D eigenvalue weighted by atomic mass is 32.2. The Morgan fingerprint density at radius 2 is 1.61 bits per heavy atom. The molecular formula is C22H17F6N3O4S. The number of esters is 1. The summed E-state index contributed by atoms with van der Waals surface area (Å²) in [4.78, 5) is 40.4. The molecule has 2 amide bonds. The van der Waals surface area contributed by atoms with E-state index in [1.807, 2.05) is 5.32 Å². The molecule has 1 aliphatic heterocycles. The number of carbonyl (C=O) groups is 3. The van der Waals surface area contributed by atoms with Crippen molar-refractivity contribution in [2.75, 3.05) is 11.9 Å². The molecule has 1 unspecified atom stereocenters. The fourth-order valence-electron chi connectivity index (χ4n) is 3.00. The fourth-order valence-corrected chi connectivity index (χ4v) is 3.99. The molecule has 7 nitrogen and oxygen atoms in total. The van der Waals surface area contributed by atoms with Crippen LogP contribution >= 0.6 is 11.8 Å². The minimum absolute atomic E-state index is 0.0576. The van der Waals surface area contributed by atoms with Gasteiger partial charge in [-0.05, 0) is 49.4 Å². The smallest absolute Gasteiger partial charge is 0.416 e. The third-order valence-electron chi connectivity index (χ3n) is 4.63. The van der Waals surface area contributed by atoms with Crippen molar-refractivity contribution in [3.05, 3.63) is 59.2 Å². The molecule has 0 saturated carbocycles. The maximum atomic E-state index is 13.0. The average molecular weight is 533 g/mol. The quantitative estimate of drug-likeness (QED) is 0.396. The van der Waals surface area contributed by atoms with Gasteiger partial charge in [-0.25, -0.2) is 9.79 Å². The van der Waals surface area contributed by atoms with Crippen LogP contribution in [-0.2, 0) is 26.7 Å². The highest BCUT2D eigenvalue weighted by Crippen LogP contribution is 2.37. The number of rotatable bonds is 6. The van der Waals surface area contributed by atoms with Crippen molar-refractivity contribution in [1.82, 2.24) is 5.32 Å². The number of halogens is 6. The molecule has 2 N–H and O–H groups in total. The number of nitrogens with one attached hydrogen (secondary N) is 2. The number of alkyl halides is 6. The number of amides is 2. The summed E-state index contributed by atoms with van der Waals surface area (Å²) >= 11 is 0.863. The van der Waals surface area contributed by atoms with Crippen LogP contribution in [0.25, 0.3) is 0 Å². The van der Waals surface area contributed by atoms with Crippen molar-refractivity contribution in [3.63, 3.8) is 0 Å². The number of nitrogens with zero attached hydrogens (tertiary/aromatic N) is 1. The molecule has 1 saturated heterocycles. The fraction of sp³-hybridized carbons (Fsp3) is 0.273. The second-order valence-electron chi connectivity index (χ2n) is 7.33. The Kier molecular flexibility index (Phi) is 7.96. The summed E-state index contributed by atoms with van der Waals surface area (Å²) in [7, 11) is 0. The molecule has 3 rings (SSSR count). The first-order valence-corrected chi connectivity index (χ1v) is 11.1. The van der Waals surface area contributed by atoms with E-state index in [0.717, 1.165) is 11.8 Å². The van der Waals surface area contributed by atoms with E-state index in [1.165, 1.54) is 24.3 Å². The summed E-state index contributed by atoms with van der Waals surface area (Å²) in [6.07, 6.45) is -10.7. The molecule has 1 fully saturated rings. The van der Waals surface area contributed by atoms with Crippen molar-refractivity contribution >= 4 is 46.1 Å². The number of anilines is 1. The van der Waals surface area contributed by atoms with Crippen LogP contribution in [0.5, 0.6) is 0 Å². The number of benzene rings is 2. The first-order valence-electron chi connectivity index (χ1n) is 10.2. The predicted molar refractivity (Wildman–Crippen MR) is 119 cm³/mol. The number of carbonyl (C=O) groups excluding carboxylic acids is 3. The minimum atomic E-state index is -5.07. The van der Waals surface area contributed by atoms with Gasteiger partial charge in [0.25, 0.3) is 0 Å². The van der Waals surface area contributed by atoms with E-state index in [9.17, 15) is 40.7 Å². The van der Waals surface area contributed by atoms with Crippen LogP contribution in [0.15, 0.2) is 47.5 Å². The Balaban J connectivity index is 1.68. The highest BCUT2D eigenvalue weighted by Gasteiger charge is 2.37. The van der Waals surface area contributed by atoms with E-state index in [2.05, 4.69) is 10.3 Å². The monoisotopic (exact) mass is 533 g/mol. The zero-order valence-electron chi connectivity index (χ0n) is 18.3. The van der Waals surface area contributed by atoms with Gasteiger partial charge >= 0.3 is 18.3 Å². The van der Waals surface area contributed by atoms with Crippen LogP contribution < -0.4 is 10.6 Å². The van der Waals surface area contributed by atoms with Gasteiger partial charge in [0, 0.05) is 12.1 Å². The molecule has 36 heavy (non-hydrogen) atoms. The molecule has 192 valence electrons. The molecule has 2 aromatic carbocycles. The predicted octanol–water partition coefficient (Wildman–Crippen LogP) is 5.15. The summed E-state index contributed by atoms with van der Waals surface area (Å²) < 4.78 is 82.9. The van der Waals surface area contributed by atoms with Crippen LogP contribution in [-0.4, -0.2) is 34.8 Å². The van der Waals surface area contributed by atoms with E-state index in [1.54, 1.807) is 6.92 Å². The van der Waals surface area contributed by atoms with E-state index < -0.39 is 58.6 Å². The molecule has 0 radical (unpaired) electrons. The first-order chi connectivity index (χ1) is 16.8. The molecule has 0 bridgehead atoms. The lowest BCUT2D eigenvalue weighted by Gasteiger charge is -2.15. The summed E-state index contributed by atoms with van der Waals surface area (Å²) in [5.74, 6) is -2.10. The molecule has 0 aliphatic carbocycles. The van der Waals surface area contributed by atoms with Gasteiger partial charge in [-0.3, -0.25) is 9.59 Å². The lowest BCUT2D eigenvalue weighted by atomic mass is 10.1. The molecular weight excluding hydrogens is 516 g/mol. The normalized spacial score (nSPS) is 17.1. The van der Waals surface area contributed by atoms with Crippen LogP contribution in [0.3, 0.4) is 0 Å². The highest BCUT2D eigenvalue weighted by molar-refractivity contribution is 8.15. The number of thioether (sulfide) groups is 1. The number of aliphatic imine (C=N–C) groups is 1. The molecule has 1 atom stereocenters. The minimum Gasteiger partial charge on any atom is -0.462 e. The van der Waals surface area contributed by atoms with Gasteiger partial charge < -0.3 is 15.4 Å². The topological polar surface area (TPSA) is 96.9 Å². The van der Waals surface area contributed by atoms with E-state index in [0.29, 0.717) is 23.4 Å². The van der Waals surface area contributed by atoms with Crippen molar-refractivity contribution in [3.8, 4) is 0 Å². The maximum absolute atomic E-state index is 13.0. The Morgan fingerprint density at radius 1 is 1.03 bits per heavy atom. The number of amidine groups is 1. The summed E-state index contributed by atoms with van der Waals surface area (Å²) in [5.41, 5.74) is -3.20. The van der Waals surface area contributed by atoms with Crippen LogP contribution in [0.1, 0.15) is 34.8 Å². The Labute approximate surface area is 204 Å². The Hall–Kier alpha value is -3.55. The van der Waals surface area contributed by atoms with Gasteiger partial charge in [0.15, 0.2) is 5.17 Å². The average Bonchev–Trinajstić information content (AvgIpc) is 3.11. The second-order valence-corrected chi connectivity index (χ2v) is 8.52. The second kappa shape index (κ2) is 10.6. The lowest BCUT2D eigenvalue weighted by Crippen LogP contribution is -2.28. The van der Waals surface area contributed by atoms with Crippen molar-refractivity contribution in [2.45, 2.75) is 30.9 Å². The zero-order valence-corrected chi connectivity index (χ0v) is 19.1. The number of ether oxygens (including phenoxy) is 1.